The predicted octanol–water partition coefficient (Wildman–Crippen LogP) is 1.12. The lowest BCUT2D eigenvalue weighted by atomic mass is 10.1. The van der Waals surface area contributed by atoms with E-state index >= 15 is 0 Å². The lowest BCUT2D eigenvalue weighted by molar-refractivity contribution is 0.479. The third-order valence-electron chi connectivity index (χ3n) is 3.22. The van der Waals surface area contributed by atoms with E-state index in [-0.39, 0.29) is 0 Å². The monoisotopic (exact) mass is 223 g/mol. The van der Waals surface area contributed by atoms with Crippen molar-refractivity contribution in [3.8, 4) is 0 Å². The van der Waals surface area contributed by atoms with E-state index in [9.17, 15) is 0 Å². The van der Waals surface area contributed by atoms with Gasteiger partial charge in [0.15, 0.2) is 0 Å². The van der Waals surface area contributed by atoms with Crippen LogP contribution in [0.4, 0.5) is 5.95 Å². The minimum absolute atomic E-state index is 0.460. The van der Waals surface area contributed by atoms with Gasteiger partial charge in [-0.3, -0.25) is 5.10 Å². The van der Waals surface area contributed by atoms with Crippen molar-refractivity contribution in [2.75, 3.05) is 24.5 Å². The first-order chi connectivity index (χ1) is 7.70. The Kier molecular flexibility index (Phi) is 3.43. The van der Waals surface area contributed by atoms with Crippen molar-refractivity contribution in [1.29, 1.82) is 0 Å². The van der Waals surface area contributed by atoms with Crippen molar-refractivity contribution in [3.05, 3.63) is 5.82 Å². The van der Waals surface area contributed by atoms with E-state index in [1.807, 2.05) is 0 Å². The summed E-state index contributed by atoms with van der Waals surface area (Å²) < 4.78 is 0. The molecule has 1 fully saturated rings. The first kappa shape index (κ1) is 11.4. The van der Waals surface area contributed by atoms with Crippen molar-refractivity contribution < 1.29 is 0 Å². The Morgan fingerprint density at radius 3 is 3.06 bits per heavy atom. The molecule has 1 saturated heterocycles. The molecule has 1 aromatic heterocycles. The molecule has 2 atom stereocenters. The minimum Gasteiger partial charge on any atom is -0.337 e. The smallest absolute Gasteiger partial charge is 0.244 e. The molecule has 2 heterocycles. The number of hydrogen-bond donors (Lipinski definition) is 2. The molecular formula is C11H21N5. The van der Waals surface area contributed by atoms with Crippen molar-refractivity contribution >= 4 is 5.95 Å². The molecule has 16 heavy (non-hydrogen) atoms. The molecule has 0 amide bonds. The summed E-state index contributed by atoms with van der Waals surface area (Å²) in [5.41, 5.74) is 0. The lowest BCUT2D eigenvalue weighted by Crippen LogP contribution is -2.49. The van der Waals surface area contributed by atoms with E-state index in [1.54, 1.807) is 0 Å². The predicted molar refractivity (Wildman–Crippen MR) is 64.8 cm³/mol. The second-order valence-electron chi connectivity index (χ2n) is 4.63. The number of hydrogen-bond acceptors (Lipinski definition) is 4. The molecule has 0 aromatic carbocycles. The molecule has 5 nitrogen and oxygen atoms in total. The van der Waals surface area contributed by atoms with Crippen molar-refractivity contribution in [1.82, 2.24) is 20.5 Å². The number of nitrogens with zero attached hydrogens (tertiary/aromatic N) is 3. The second kappa shape index (κ2) is 4.82. The van der Waals surface area contributed by atoms with Crippen molar-refractivity contribution in [2.45, 2.75) is 39.2 Å². The molecule has 0 saturated carbocycles. The molecular weight excluding hydrogens is 202 g/mol. The maximum Gasteiger partial charge on any atom is 0.244 e. The third-order valence-corrected chi connectivity index (χ3v) is 3.22. The Hall–Kier alpha value is -1.10. The lowest BCUT2D eigenvalue weighted by Gasteiger charge is -2.30. The Bertz CT molecular complexity index is 335. The Labute approximate surface area is 96.6 Å². The van der Waals surface area contributed by atoms with Gasteiger partial charge in [0.1, 0.15) is 5.82 Å². The van der Waals surface area contributed by atoms with Crippen LogP contribution in [0.1, 0.15) is 38.9 Å². The van der Waals surface area contributed by atoms with Crippen molar-refractivity contribution in [2.24, 2.45) is 0 Å². The van der Waals surface area contributed by atoms with Crippen LogP contribution in [0.5, 0.6) is 0 Å². The van der Waals surface area contributed by atoms with Crippen LogP contribution in [0.15, 0.2) is 0 Å². The highest BCUT2D eigenvalue weighted by Crippen LogP contribution is 2.17. The Morgan fingerprint density at radius 2 is 2.38 bits per heavy atom. The van der Waals surface area contributed by atoms with E-state index in [2.05, 4.69) is 46.2 Å². The van der Waals surface area contributed by atoms with Gasteiger partial charge in [0.2, 0.25) is 5.95 Å². The van der Waals surface area contributed by atoms with Gasteiger partial charge in [0.05, 0.1) is 0 Å². The second-order valence-corrected chi connectivity index (χ2v) is 4.63. The highest BCUT2D eigenvalue weighted by atomic mass is 15.4. The van der Waals surface area contributed by atoms with E-state index in [1.165, 1.54) is 0 Å². The molecule has 2 rings (SSSR count). The summed E-state index contributed by atoms with van der Waals surface area (Å²) in [6.45, 7) is 9.51. The molecule has 0 spiro atoms. The van der Waals surface area contributed by atoms with Crippen LogP contribution in [-0.2, 0) is 0 Å². The third kappa shape index (κ3) is 2.35. The maximum atomic E-state index is 4.57. The normalized spacial score (nSPS) is 23.4. The van der Waals surface area contributed by atoms with Gasteiger partial charge < -0.3 is 10.2 Å². The SMILES string of the molecule is CCC(C)c1nc(N2CCNC(C)C2)n[nH]1. The molecule has 0 aliphatic carbocycles. The van der Waals surface area contributed by atoms with E-state index in [0.29, 0.717) is 12.0 Å². The van der Waals surface area contributed by atoms with Gasteiger partial charge in [-0.1, -0.05) is 13.8 Å². The highest BCUT2D eigenvalue weighted by molar-refractivity contribution is 5.30. The van der Waals surface area contributed by atoms with Crippen LogP contribution in [0.2, 0.25) is 0 Å². The highest BCUT2D eigenvalue weighted by Gasteiger charge is 2.20. The summed E-state index contributed by atoms with van der Waals surface area (Å²) in [6, 6.07) is 0.513. The molecule has 1 aromatic rings. The van der Waals surface area contributed by atoms with Crippen LogP contribution in [0.3, 0.4) is 0 Å². The number of aromatic nitrogens is 3. The fraction of sp³-hybridized carbons (Fsp3) is 0.818. The fourth-order valence-corrected chi connectivity index (χ4v) is 1.93. The van der Waals surface area contributed by atoms with E-state index < -0.39 is 0 Å². The molecule has 5 heteroatoms. The quantitative estimate of drug-likeness (QED) is 0.806. The number of nitrogens with one attached hydrogen (secondary N) is 2. The van der Waals surface area contributed by atoms with Gasteiger partial charge in [-0.2, -0.15) is 4.98 Å². The van der Waals surface area contributed by atoms with E-state index in [4.69, 9.17) is 0 Å². The number of piperazine rings is 1. The summed E-state index contributed by atoms with van der Waals surface area (Å²) in [5, 5.41) is 10.8. The van der Waals surface area contributed by atoms with Gasteiger partial charge >= 0.3 is 0 Å². The molecule has 0 radical (unpaired) electrons. The summed E-state index contributed by atoms with van der Waals surface area (Å²) in [4.78, 5) is 6.81. The fourth-order valence-electron chi connectivity index (χ4n) is 1.93. The van der Waals surface area contributed by atoms with Crippen molar-refractivity contribution in [3.63, 3.8) is 0 Å². The molecule has 0 bridgehead atoms. The van der Waals surface area contributed by atoms with Gasteiger partial charge in [0, 0.05) is 31.6 Å². The average molecular weight is 223 g/mol. The number of H-pyrrole nitrogens is 1. The minimum atomic E-state index is 0.460. The van der Waals surface area contributed by atoms with Gasteiger partial charge in [0.25, 0.3) is 0 Å². The zero-order chi connectivity index (χ0) is 11.5. The largest absolute Gasteiger partial charge is 0.337 e. The molecule has 90 valence electrons. The average Bonchev–Trinajstić information content (AvgIpc) is 2.77. The van der Waals surface area contributed by atoms with Gasteiger partial charge in [-0.15, -0.1) is 5.10 Å². The summed E-state index contributed by atoms with van der Waals surface area (Å²) in [7, 11) is 0. The number of anilines is 1. The van der Waals surface area contributed by atoms with Crippen LogP contribution in [0.25, 0.3) is 0 Å². The van der Waals surface area contributed by atoms with Gasteiger partial charge in [-0.25, -0.2) is 0 Å². The summed E-state index contributed by atoms with van der Waals surface area (Å²) in [5.74, 6) is 2.31. The molecule has 2 N–H and O–H groups in total. The van der Waals surface area contributed by atoms with Crippen LogP contribution < -0.4 is 10.2 Å². The summed E-state index contributed by atoms with van der Waals surface area (Å²) in [6.07, 6.45) is 1.09. The number of aromatic amines is 1. The summed E-state index contributed by atoms with van der Waals surface area (Å²) >= 11 is 0. The topological polar surface area (TPSA) is 56.8 Å². The molecule has 2 unspecified atom stereocenters. The van der Waals surface area contributed by atoms with Gasteiger partial charge in [-0.05, 0) is 13.3 Å². The molecule has 1 aliphatic rings. The molecule has 1 aliphatic heterocycles. The zero-order valence-electron chi connectivity index (χ0n) is 10.3. The number of rotatable bonds is 3. The maximum absolute atomic E-state index is 4.57. The standard InChI is InChI=1S/C11H21N5/c1-4-8(2)10-13-11(15-14-10)16-6-5-12-9(3)7-16/h8-9,12H,4-7H2,1-3H3,(H,13,14,15). The van der Waals surface area contributed by atoms with Crippen LogP contribution in [-0.4, -0.2) is 40.9 Å². The Morgan fingerprint density at radius 1 is 1.56 bits per heavy atom. The first-order valence-electron chi connectivity index (χ1n) is 6.11. The zero-order valence-corrected chi connectivity index (χ0v) is 10.3. The van der Waals surface area contributed by atoms with Crippen LogP contribution in [0, 0.1) is 0 Å². The first-order valence-corrected chi connectivity index (χ1v) is 6.11. The Balaban J connectivity index is 2.06. The van der Waals surface area contributed by atoms with Crippen LogP contribution >= 0.6 is 0 Å². The van der Waals surface area contributed by atoms with E-state index in [0.717, 1.165) is 37.8 Å².